The van der Waals surface area contributed by atoms with Gasteiger partial charge >= 0.3 is 0 Å². The van der Waals surface area contributed by atoms with Crippen LogP contribution < -0.4 is 4.74 Å². The second kappa shape index (κ2) is 7.61. The van der Waals surface area contributed by atoms with Gasteiger partial charge in [0.1, 0.15) is 5.69 Å². The first-order valence-corrected chi connectivity index (χ1v) is 9.12. The number of fused-ring (bicyclic) bond motifs is 1. The summed E-state index contributed by atoms with van der Waals surface area (Å²) >= 11 is 0. The normalized spacial score (nSPS) is 16.0. The molecule has 1 amide bonds. The van der Waals surface area contributed by atoms with E-state index in [1.807, 2.05) is 42.2 Å². The molecule has 1 aliphatic heterocycles. The Balaban J connectivity index is 1.45. The van der Waals surface area contributed by atoms with Crippen molar-refractivity contribution in [1.29, 1.82) is 0 Å². The van der Waals surface area contributed by atoms with Crippen LogP contribution in [0.2, 0.25) is 0 Å². The van der Waals surface area contributed by atoms with Crippen LogP contribution in [0.1, 0.15) is 34.2 Å². The van der Waals surface area contributed by atoms with Crippen LogP contribution in [0.15, 0.2) is 61.1 Å². The number of hydrogen-bond acceptors (Lipinski definition) is 4. The summed E-state index contributed by atoms with van der Waals surface area (Å²) < 4.78 is 8.00. The average molecular weight is 362 g/mol. The summed E-state index contributed by atoms with van der Waals surface area (Å²) in [4.78, 5) is 23.2. The fourth-order valence-electron chi connectivity index (χ4n) is 3.40. The molecule has 6 nitrogen and oxygen atoms in total. The first-order chi connectivity index (χ1) is 13.2. The Hall–Kier alpha value is -3.15. The van der Waals surface area contributed by atoms with E-state index in [9.17, 15) is 4.79 Å². The van der Waals surface area contributed by atoms with Crippen LogP contribution in [0, 0.1) is 6.92 Å². The summed E-state index contributed by atoms with van der Waals surface area (Å²) in [6, 6.07) is 13.6. The van der Waals surface area contributed by atoms with Crippen LogP contribution in [0.3, 0.4) is 0 Å². The quantitative estimate of drug-likeness (QED) is 0.699. The predicted octanol–water partition coefficient (Wildman–Crippen LogP) is 3.25. The van der Waals surface area contributed by atoms with E-state index in [0.717, 1.165) is 17.7 Å². The molecule has 138 valence electrons. The Morgan fingerprint density at radius 1 is 1.19 bits per heavy atom. The number of aryl methyl sites for hydroxylation is 1. The van der Waals surface area contributed by atoms with Crippen molar-refractivity contribution in [2.75, 3.05) is 13.2 Å². The minimum absolute atomic E-state index is 0.0295. The van der Waals surface area contributed by atoms with Gasteiger partial charge in [-0.05, 0) is 36.8 Å². The van der Waals surface area contributed by atoms with Crippen LogP contribution in [0.4, 0.5) is 0 Å². The molecule has 0 bridgehead atoms. The fourth-order valence-corrected chi connectivity index (χ4v) is 3.40. The smallest absolute Gasteiger partial charge is 0.272 e. The van der Waals surface area contributed by atoms with Crippen molar-refractivity contribution in [3.63, 3.8) is 0 Å². The van der Waals surface area contributed by atoms with E-state index in [4.69, 9.17) is 4.74 Å². The minimum Gasteiger partial charge on any atom is -0.478 e. The molecular formula is C21H22N4O2. The molecule has 0 saturated carbocycles. The second-order valence-corrected chi connectivity index (χ2v) is 6.77. The molecule has 3 aromatic heterocycles. The molecule has 0 aromatic carbocycles. The molecule has 0 N–H and O–H groups in total. The third-order valence-electron chi connectivity index (χ3n) is 4.80. The Morgan fingerprint density at radius 3 is 2.89 bits per heavy atom. The van der Waals surface area contributed by atoms with Crippen molar-refractivity contribution < 1.29 is 9.53 Å². The SMILES string of the molecule is Cc1ccc(C(=O)N2Cc3cccn3C(CCOc3ccccn3)C2)nc1. The van der Waals surface area contributed by atoms with Gasteiger partial charge < -0.3 is 14.2 Å². The monoisotopic (exact) mass is 362 g/mol. The molecule has 4 rings (SSSR count). The highest BCUT2D eigenvalue weighted by atomic mass is 16.5. The zero-order valence-corrected chi connectivity index (χ0v) is 15.3. The van der Waals surface area contributed by atoms with Gasteiger partial charge in [-0.1, -0.05) is 12.1 Å². The molecule has 1 atom stereocenters. The molecule has 1 unspecified atom stereocenters. The third kappa shape index (κ3) is 3.84. The van der Waals surface area contributed by atoms with Gasteiger partial charge in [-0.2, -0.15) is 0 Å². The largest absolute Gasteiger partial charge is 0.478 e. The third-order valence-corrected chi connectivity index (χ3v) is 4.80. The summed E-state index contributed by atoms with van der Waals surface area (Å²) in [7, 11) is 0. The Kier molecular flexibility index (Phi) is 4.87. The number of nitrogens with zero attached hydrogens (tertiary/aromatic N) is 4. The zero-order valence-electron chi connectivity index (χ0n) is 15.3. The van der Waals surface area contributed by atoms with E-state index in [1.165, 1.54) is 0 Å². The van der Waals surface area contributed by atoms with E-state index in [0.29, 0.717) is 31.3 Å². The lowest BCUT2D eigenvalue weighted by atomic mass is 10.1. The molecule has 1 aliphatic rings. The maximum Gasteiger partial charge on any atom is 0.272 e. The van der Waals surface area contributed by atoms with Crippen LogP contribution >= 0.6 is 0 Å². The number of hydrogen-bond donors (Lipinski definition) is 0. The van der Waals surface area contributed by atoms with E-state index in [-0.39, 0.29) is 11.9 Å². The molecule has 0 spiro atoms. The van der Waals surface area contributed by atoms with Crippen molar-refractivity contribution in [1.82, 2.24) is 19.4 Å². The highest BCUT2D eigenvalue weighted by molar-refractivity contribution is 5.92. The Labute approximate surface area is 158 Å². The highest BCUT2D eigenvalue weighted by Gasteiger charge is 2.28. The number of aromatic nitrogens is 3. The van der Waals surface area contributed by atoms with Crippen LogP contribution in [-0.4, -0.2) is 38.5 Å². The van der Waals surface area contributed by atoms with Crippen molar-refractivity contribution in [2.45, 2.75) is 25.9 Å². The Morgan fingerprint density at radius 2 is 2.11 bits per heavy atom. The lowest BCUT2D eigenvalue weighted by molar-refractivity contribution is 0.0659. The molecule has 0 aliphatic carbocycles. The predicted molar refractivity (Wildman–Crippen MR) is 102 cm³/mol. The maximum absolute atomic E-state index is 12.9. The van der Waals surface area contributed by atoms with Gasteiger partial charge in [0.05, 0.1) is 19.2 Å². The number of ether oxygens (including phenoxy) is 1. The lowest BCUT2D eigenvalue weighted by Gasteiger charge is -2.35. The molecule has 6 heteroatoms. The van der Waals surface area contributed by atoms with E-state index in [2.05, 4.69) is 26.8 Å². The highest BCUT2D eigenvalue weighted by Crippen LogP contribution is 2.25. The number of carbonyl (C=O) groups excluding carboxylic acids is 1. The summed E-state index contributed by atoms with van der Waals surface area (Å²) in [5.41, 5.74) is 2.66. The van der Waals surface area contributed by atoms with Crippen molar-refractivity contribution >= 4 is 5.91 Å². The van der Waals surface area contributed by atoms with Crippen molar-refractivity contribution in [3.05, 3.63) is 78.0 Å². The van der Waals surface area contributed by atoms with Crippen LogP contribution in [0.5, 0.6) is 5.88 Å². The van der Waals surface area contributed by atoms with E-state index < -0.39 is 0 Å². The average Bonchev–Trinajstić information content (AvgIpc) is 3.18. The summed E-state index contributed by atoms with van der Waals surface area (Å²) in [6.07, 6.45) is 6.32. The molecule has 27 heavy (non-hydrogen) atoms. The molecular weight excluding hydrogens is 340 g/mol. The first kappa shape index (κ1) is 17.3. The summed E-state index contributed by atoms with van der Waals surface area (Å²) in [5.74, 6) is 0.593. The van der Waals surface area contributed by atoms with Crippen molar-refractivity contribution in [3.8, 4) is 5.88 Å². The van der Waals surface area contributed by atoms with Gasteiger partial charge in [0.2, 0.25) is 5.88 Å². The van der Waals surface area contributed by atoms with Gasteiger partial charge in [0.25, 0.3) is 5.91 Å². The van der Waals surface area contributed by atoms with Crippen LogP contribution in [-0.2, 0) is 6.54 Å². The molecule has 3 aromatic rings. The zero-order chi connectivity index (χ0) is 18.6. The lowest BCUT2D eigenvalue weighted by Crippen LogP contribution is -2.41. The second-order valence-electron chi connectivity index (χ2n) is 6.77. The topological polar surface area (TPSA) is 60.2 Å². The number of pyridine rings is 2. The molecule has 0 saturated heterocycles. The fraction of sp³-hybridized carbons (Fsp3) is 0.286. The molecule has 4 heterocycles. The molecule has 0 radical (unpaired) electrons. The van der Waals surface area contributed by atoms with Gasteiger partial charge in [-0.25, -0.2) is 4.98 Å². The number of amides is 1. The first-order valence-electron chi connectivity index (χ1n) is 9.12. The standard InChI is InChI=1S/C21H22N4O2/c1-16-7-8-19(23-13-16)21(26)24-14-17-5-4-11-25(17)18(15-24)9-12-27-20-6-2-3-10-22-20/h2-8,10-11,13,18H,9,12,14-15H2,1H3. The summed E-state index contributed by atoms with van der Waals surface area (Å²) in [5, 5.41) is 0. The maximum atomic E-state index is 12.9. The minimum atomic E-state index is -0.0295. The summed E-state index contributed by atoms with van der Waals surface area (Å²) in [6.45, 7) is 3.75. The van der Waals surface area contributed by atoms with Gasteiger partial charge in [0, 0.05) is 43.3 Å². The van der Waals surface area contributed by atoms with Crippen LogP contribution in [0.25, 0.3) is 0 Å². The van der Waals surface area contributed by atoms with Gasteiger partial charge in [-0.15, -0.1) is 0 Å². The number of rotatable bonds is 5. The van der Waals surface area contributed by atoms with Crippen molar-refractivity contribution in [2.24, 2.45) is 0 Å². The van der Waals surface area contributed by atoms with Gasteiger partial charge in [0.15, 0.2) is 0 Å². The molecule has 0 fully saturated rings. The Bertz CT molecular complexity index is 905. The number of carbonyl (C=O) groups is 1. The van der Waals surface area contributed by atoms with Gasteiger partial charge in [-0.3, -0.25) is 9.78 Å². The van der Waals surface area contributed by atoms with E-state index in [1.54, 1.807) is 18.5 Å². The van der Waals surface area contributed by atoms with E-state index >= 15 is 0 Å².